The smallest absolute Gasteiger partial charge is 0.248 e. The first kappa shape index (κ1) is 13.4. The van der Waals surface area contributed by atoms with Gasteiger partial charge in [0.15, 0.2) is 0 Å². The summed E-state index contributed by atoms with van der Waals surface area (Å²) in [5.74, 6) is 0.615. The first-order chi connectivity index (χ1) is 9.49. The van der Waals surface area contributed by atoms with E-state index < -0.39 is 6.04 Å². The summed E-state index contributed by atoms with van der Waals surface area (Å²) < 4.78 is 0. The van der Waals surface area contributed by atoms with E-state index in [1.807, 2.05) is 13.1 Å². The average molecular weight is 273 g/mol. The van der Waals surface area contributed by atoms with Gasteiger partial charge in [-0.2, -0.15) is 0 Å². The van der Waals surface area contributed by atoms with Crippen molar-refractivity contribution in [1.82, 2.24) is 0 Å². The van der Waals surface area contributed by atoms with Gasteiger partial charge in [0.1, 0.15) is 6.04 Å². The Balaban J connectivity index is 1.94. The lowest BCUT2D eigenvalue weighted by molar-refractivity contribution is -0.118. The fraction of sp³-hybridized carbons (Fsp3) is 0.562. The van der Waals surface area contributed by atoms with Crippen LogP contribution in [0.15, 0.2) is 18.2 Å². The zero-order valence-corrected chi connectivity index (χ0v) is 12.5. The SMILES string of the molecule is CC(C)CN(c1ccc2c(c1)N(C)C(=O)C2N)C1CC1. The van der Waals surface area contributed by atoms with E-state index in [1.54, 1.807) is 4.90 Å². The Bertz CT molecular complexity index is 537. The van der Waals surface area contributed by atoms with E-state index in [-0.39, 0.29) is 5.91 Å². The Morgan fingerprint density at radius 3 is 2.70 bits per heavy atom. The molecule has 1 unspecified atom stereocenters. The molecule has 1 fully saturated rings. The lowest BCUT2D eigenvalue weighted by Gasteiger charge is -2.27. The Kier molecular flexibility index (Phi) is 3.21. The maximum atomic E-state index is 12.0. The van der Waals surface area contributed by atoms with Crippen LogP contribution in [0.5, 0.6) is 0 Å². The standard InChI is InChI=1S/C16H23N3O/c1-10(2)9-19(11-4-5-11)12-6-7-13-14(8-12)18(3)16(20)15(13)17/h6-8,10-11,15H,4-5,9,17H2,1-3H3. The highest BCUT2D eigenvalue weighted by molar-refractivity contribution is 6.04. The summed E-state index contributed by atoms with van der Waals surface area (Å²) in [6.07, 6.45) is 2.55. The molecule has 1 aliphatic carbocycles. The number of amides is 1. The molecular weight excluding hydrogens is 250 g/mol. The third-order valence-electron chi connectivity index (χ3n) is 4.19. The molecule has 0 spiro atoms. The predicted molar refractivity (Wildman–Crippen MR) is 82.0 cm³/mol. The molecule has 4 nitrogen and oxygen atoms in total. The molecule has 1 aromatic carbocycles. The van der Waals surface area contributed by atoms with Gasteiger partial charge in [-0.15, -0.1) is 0 Å². The van der Waals surface area contributed by atoms with E-state index in [2.05, 4.69) is 30.9 Å². The van der Waals surface area contributed by atoms with E-state index in [9.17, 15) is 4.79 Å². The lowest BCUT2D eigenvalue weighted by Crippen LogP contribution is -2.30. The van der Waals surface area contributed by atoms with Crippen LogP contribution in [0.25, 0.3) is 0 Å². The molecular formula is C16H23N3O. The summed E-state index contributed by atoms with van der Waals surface area (Å²) in [6.45, 7) is 5.55. The Morgan fingerprint density at radius 2 is 2.10 bits per heavy atom. The molecule has 20 heavy (non-hydrogen) atoms. The molecule has 1 atom stereocenters. The van der Waals surface area contributed by atoms with Crippen molar-refractivity contribution in [2.45, 2.75) is 38.8 Å². The zero-order valence-electron chi connectivity index (χ0n) is 12.5. The average Bonchev–Trinajstić information content (AvgIpc) is 3.23. The number of nitrogens with zero attached hydrogens (tertiary/aromatic N) is 2. The Morgan fingerprint density at radius 1 is 1.40 bits per heavy atom. The second-order valence-corrected chi connectivity index (χ2v) is 6.40. The molecule has 0 aromatic heterocycles. The lowest BCUT2D eigenvalue weighted by atomic mass is 10.1. The van der Waals surface area contributed by atoms with Crippen LogP contribution < -0.4 is 15.5 Å². The van der Waals surface area contributed by atoms with Crippen molar-refractivity contribution in [3.63, 3.8) is 0 Å². The number of benzene rings is 1. The number of nitrogens with two attached hydrogens (primary N) is 1. The van der Waals surface area contributed by atoms with Crippen molar-refractivity contribution in [2.24, 2.45) is 11.7 Å². The molecule has 0 bridgehead atoms. The first-order valence-electron chi connectivity index (χ1n) is 7.42. The quantitative estimate of drug-likeness (QED) is 0.915. The van der Waals surface area contributed by atoms with Crippen LogP contribution in [0, 0.1) is 5.92 Å². The number of carbonyl (C=O) groups excluding carboxylic acids is 1. The fourth-order valence-corrected chi connectivity index (χ4v) is 2.97. The zero-order chi connectivity index (χ0) is 14.4. The highest BCUT2D eigenvalue weighted by atomic mass is 16.2. The van der Waals surface area contributed by atoms with Crippen LogP contribution in [0.1, 0.15) is 38.3 Å². The fourth-order valence-electron chi connectivity index (χ4n) is 2.97. The molecule has 1 heterocycles. The largest absolute Gasteiger partial charge is 0.368 e. The topological polar surface area (TPSA) is 49.6 Å². The monoisotopic (exact) mass is 273 g/mol. The Labute approximate surface area is 120 Å². The number of fused-ring (bicyclic) bond motifs is 1. The minimum atomic E-state index is -0.497. The minimum Gasteiger partial charge on any atom is -0.368 e. The van der Waals surface area contributed by atoms with Gasteiger partial charge >= 0.3 is 0 Å². The van der Waals surface area contributed by atoms with Gasteiger partial charge in [-0.25, -0.2) is 0 Å². The van der Waals surface area contributed by atoms with Crippen LogP contribution in [0.2, 0.25) is 0 Å². The molecule has 0 saturated heterocycles. The molecule has 1 amide bonds. The predicted octanol–water partition coefficient (Wildman–Crippen LogP) is 2.29. The van der Waals surface area contributed by atoms with Gasteiger partial charge in [0.25, 0.3) is 0 Å². The van der Waals surface area contributed by atoms with Gasteiger partial charge in [0.05, 0.1) is 5.69 Å². The van der Waals surface area contributed by atoms with Gasteiger partial charge in [-0.1, -0.05) is 19.9 Å². The van der Waals surface area contributed by atoms with Gasteiger partial charge in [-0.05, 0) is 30.9 Å². The summed E-state index contributed by atoms with van der Waals surface area (Å²) in [5, 5.41) is 0. The summed E-state index contributed by atoms with van der Waals surface area (Å²) in [5.41, 5.74) is 9.08. The number of likely N-dealkylation sites (N-methyl/N-ethyl adjacent to an activating group) is 1. The van der Waals surface area contributed by atoms with E-state index in [0.29, 0.717) is 12.0 Å². The van der Waals surface area contributed by atoms with Crippen molar-refractivity contribution >= 4 is 17.3 Å². The molecule has 1 saturated carbocycles. The summed E-state index contributed by atoms with van der Waals surface area (Å²) >= 11 is 0. The van der Waals surface area contributed by atoms with E-state index in [0.717, 1.165) is 17.8 Å². The minimum absolute atomic E-state index is 0.0148. The van der Waals surface area contributed by atoms with Crippen LogP contribution in [0.4, 0.5) is 11.4 Å². The molecule has 4 heteroatoms. The third kappa shape index (κ3) is 2.18. The number of rotatable bonds is 4. The molecule has 1 aromatic rings. The molecule has 3 rings (SSSR count). The Hall–Kier alpha value is -1.55. The van der Waals surface area contributed by atoms with Crippen LogP contribution in [-0.4, -0.2) is 25.5 Å². The molecule has 2 aliphatic rings. The van der Waals surface area contributed by atoms with Crippen LogP contribution >= 0.6 is 0 Å². The second-order valence-electron chi connectivity index (χ2n) is 6.40. The van der Waals surface area contributed by atoms with Crippen molar-refractivity contribution in [3.8, 4) is 0 Å². The number of hydrogen-bond donors (Lipinski definition) is 1. The van der Waals surface area contributed by atoms with Crippen LogP contribution in [-0.2, 0) is 4.79 Å². The van der Waals surface area contributed by atoms with Gasteiger partial charge in [0.2, 0.25) is 5.91 Å². The molecule has 1 aliphatic heterocycles. The highest BCUT2D eigenvalue weighted by Crippen LogP contribution is 2.39. The molecule has 2 N–H and O–H groups in total. The number of hydrogen-bond acceptors (Lipinski definition) is 3. The van der Waals surface area contributed by atoms with Gasteiger partial charge < -0.3 is 15.5 Å². The highest BCUT2D eigenvalue weighted by Gasteiger charge is 2.34. The second kappa shape index (κ2) is 4.77. The van der Waals surface area contributed by atoms with Gasteiger partial charge in [0, 0.05) is 30.9 Å². The van der Waals surface area contributed by atoms with Gasteiger partial charge in [-0.3, -0.25) is 4.79 Å². The van der Waals surface area contributed by atoms with E-state index >= 15 is 0 Å². The normalized spacial score (nSPS) is 21.6. The summed E-state index contributed by atoms with van der Waals surface area (Å²) in [6, 6.07) is 6.44. The molecule has 108 valence electrons. The van der Waals surface area contributed by atoms with Crippen LogP contribution in [0.3, 0.4) is 0 Å². The van der Waals surface area contributed by atoms with E-state index in [4.69, 9.17) is 5.73 Å². The number of anilines is 2. The van der Waals surface area contributed by atoms with Crippen molar-refractivity contribution in [2.75, 3.05) is 23.4 Å². The van der Waals surface area contributed by atoms with E-state index in [1.165, 1.54) is 18.5 Å². The number of carbonyl (C=O) groups is 1. The maximum Gasteiger partial charge on any atom is 0.248 e. The molecule has 0 radical (unpaired) electrons. The summed E-state index contributed by atoms with van der Waals surface area (Å²) in [7, 11) is 1.81. The van der Waals surface area contributed by atoms with Crippen molar-refractivity contribution in [3.05, 3.63) is 23.8 Å². The van der Waals surface area contributed by atoms with Crippen molar-refractivity contribution in [1.29, 1.82) is 0 Å². The summed E-state index contributed by atoms with van der Waals surface area (Å²) in [4.78, 5) is 16.1. The first-order valence-corrected chi connectivity index (χ1v) is 7.42. The van der Waals surface area contributed by atoms with Crippen molar-refractivity contribution < 1.29 is 4.79 Å². The maximum absolute atomic E-state index is 12.0. The third-order valence-corrected chi connectivity index (χ3v) is 4.19.